The summed E-state index contributed by atoms with van der Waals surface area (Å²) in [6, 6.07) is 7.55. The molecule has 1 fully saturated rings. The quantitative estimate of drug-likeness (QED) is 0.861. The molecule has 0 aromatic heterocycles. The second-order valence-corrected chi connectivity index (χ2v) is 5.46. The predicted octanol–water partition coefficient (Wildman–Crippen LogP) is 4.59. The van der Waals surface area contributed by atoms with E-state index in [1.54, 1.807) is 12.1 Å². The van der Waals surface area contributed by atoms with Crippen LogP contribution in [0, 0.1) is 17.2 Å². The monoisotopic (exact) mass is 262 g/mol. The average molecular weight is 263 g/mol. The van der Waals surface area contributed by atoms with Gasteiger partial charge in [-0.1, -0.05) is 43.7 Å². The second kappa shape index (κ2) is 6.66. The van der Waals surface area contributed by atoms with Gasteiger partial charge in [0, 0.05) is 11.6 Å². The van der Waals surface area contributed by atoms with Crippen LogP contribution in [0.3, 0.4) is 0 Å². The molecule has 2 nitrogen and oxygen atoms in total. The minimum atomic E-state index is 0.669. The molecule has 0 aliphatic heterocycles. The van der Waals surface area contributed by atoms with Crippen LogP contribution >= 0.6 is 11.6 Å². The molecule has 1 aliphatic rings. The minimum Gasteiger partial charge on any atom is -0.384 e. The fraction of sp³-hybridized carbons (Fsp3) is 0.533. The first-order chi connectivity index (χ1) is 8.79. The molecule has 1 aromatic rings. The second-order valence-electron chi connectivity index (χ2n) is 5.02. The van der Waals surface area contributed by atoms with Gasteiger partial charge in [-0.05, 0) is 30.5 Å². The third-order valence-corrected chi connectivity index (χ3v) is 3.93. The van der Waals surface area contributed by atoms with Gasteiger partial charge in [0.25, 0.3) is 0 Å². The zero-order valence-electron chi connectivity index (χ0n) is 10.6. The normalized spacial score (nSPS) is 16.2. The standard InChI is InChI=1S/C15H19ClN2/c16-14-7-6-13(11-17)15(10-14)18-9-8-12-4-2-1-3-5-12/h6-7,10,12,18H,1-5,8-9H2. The Hall–Kier alpha value is -1.20. The van der Waals surface area contributed by atoms with Crippen molar-refractivity contribution < 1.29 is 0 Å². The third kappa shape index (κ3) is 3.65. The maximum atomic E-state index is 9.02. The lowest BCUT2D eigenvalue weighted by molar-refractivity contribution is 0.345. The molecule has 0 spiro atoms. The number of rotatable bonds is 4. The molecule has 1 N–H and O–H groups in total. The SMILES string of the molecule is N#Cc1ccc(Cl)cc1NCCC1CCCCC1. The molecule has 0 saturated heterocycles. The Kier molecular flexibility index (Phi) is 4.90. The Labute approximate surface area is 114 Å². The molecule has 2 rings (SSSR count). The van der Waals surface area contributed by atoms with Crippen LogP contribution in [-0.2, 0) is 0 Å². The summed E-state index contributed by atoms with van der Waals surface area (Å²) in [7, 11) is 0. The van der Waals surface area contributed by atoms with Crippen molar-refractivity contribution in [3.63, 3.8) is 0 Å². The maximum Gasteiger partial charge on any atom is 0.101 e. The van der Waals surface area contributed by atoms with Gasteiger partial charge in [-0.25, -0.2) is 0 Å². The van der Waals surface area contributed by atoms with E-state index < -0.39 is 0 Å². The fourth-order valence-electron chi connectivity index (χ4n) is 2.65. The number of hydrogen-bond acceptors (Lipinski definition) is 2. The van der Waals surface area contributed by atoms with E-state index in [1.165, 1.54) is 38.5 Å². The minimum absolute atomic E-state index is 0.669. The Morgan fingerprint density at radius 2 is 2.06 bits per heavy atom. The molecule has 1 aromatic carbocycles. The summed E-state index contributed by atoms with van der Waals surface area (Å²) in [5, 5.41) is 13.0. The molecule has 0 bridgehead atoms. The Morgan fingerprint density at radius 3 is 2.78 bits per heavy atom. The van der Waals surface area contributed by atoms with Gasteiger partial charge in [-0.15, -0.1) is 0 Å². The van der Waals surface area contributed by atoms with Crippen molar-refractivity contribution in [3.05, 3.63) is 28.8 Å². The van der Waals surface area contributed by atoms with Crippen LogP contribution in [0.4, 0.5) is 5.69 Å². The lowest BCUT2D eigenvalue weighted by Gasteiger charge is -2.21. The van der Waals surface area contributed by atoms with E-state index in [0.717, 1.165) is 18.2 Å². The van der Waals surface area contributed by atoms with Crippen molar-refractivity contribution >= 4 is 17.3 Å². The Morgan fingerprint density at radius 1 is 1.28 bits per heavy atom. The van der Waals surface area contributed by atoms with Crippen molar-refractivity contribution in [3.8, 4) is 6.07 Å². The number of hydrogen-bond donors (Lipinski definition) is 1. The van der Waals surface area contributed by atoms with Gasteiger partial charge in [0.2, 0.25) is 0 Å². The molecule has 0 radical (unpaired) electrons. The Bertz CT molecular complexity index is 431. The van der Waals surface area contributed by atoms with Crippen LogP contribution in [0.15, 0.2) is 18.2 Å². The first-order valence-electron chi connectivity index (χ1n) is 6.73. The zero-order chi connectivity index (χ0) is 12.8. The number of halogens is 1. The van der Waals surface area contributed by atoms with Gasteiger partial charge in [0.15, 0.2) is 0 Å². The first-order valence-corrected chi connectivity index (χ1v) is 7.11. The van der Waals surface area contributed by atoms with Crippen LogP contribution in [0.2, 0.25) is 5.02 Å². The summed E-state index contributed by atoms with van der Waals surface area (Å²) in [6.45, 7) is 0.930. The first kappa shape index (κ1) is 13.2. The molecule has 18 heavy (non-hydrogen) atoms. The van der Waals surface area contributed by atoms with Gasteiger partial charge < -0.3 is 5.32 Å². The predicted molar refractivity (Wildman–Crippen MR) is 75.8 cm³/mol. The van der Waals surface area contributed by atoms with Gasteiger partial charge in [0.1, 0.15) is 6.07 Å². The van der Waals surface area contributed by atoms with E-state index >= 15 is 0 Å². The number of benzene rings is 1. The van der Waals surface area contributed by atoms with Crippen LogP contribution in [0.1, 0.15) is 44.1 Å². The molecule has 0 atom stereocenters. The maximum absolute atomic E-state index is 9.02. The van der Waals surface area contributed by atoms with Crippen molar-refractivity contribution in [1.82, 2.24) is 0 Å². The van der Waals surface area contributed by atoms with Crippen LogP contribution in [0.5, 0.6) is 0 Å². The molecule has 3 heteroatoms. The Balaban J connectivity index is 1.86. The number of nitriles is 1. The molecule has 0 amide bonds. The van der Waals surface area contributed by atoms with Crippen molar-refractivity contribution in [1.29, 1.82) is 5.26 Å². The summed E-state index contributed by atoms with van der Waals surface area (Å²) >= 11 is 5.95. The lowest BCUT2D eigenvalue weighted by atomic mass is 9.87. The van der Waals surface area contributed by atoms with Crippen molar-refractivity contribution in [2.45, 2.75) is 38.5 Å². The molecule has 96 valence electrons. The average Bonchev–Trinajstić information content (AvgIpc) is 2.40. The van der Waals surface area contributed by atoms with Crippen molar-refractivity contribution in [2.75, 3.05) is 11.9 Å². The molecular formula is C15H19ClN2. The van der Waals surface area contributed by atoms with E-state index in [0.29, 0.717) is 10.6 Å². The summed E-state index contributed by atoms with van der Waals surface area (Å²) in [5.41, 5.74) is 1.53. The number of anilines is 1. The number of nitrogens with one attached hydrogen (secondary N) is 1. The summed E-state index contributed by atoms with van der Waals surface area (Å²) in [6.07, 6.45) is 8.08. The largest absolute Gasteiger partial charge is 0.384 e. The third-order valence-electron chi connectivity index (χ3n) is 3.69. The highest BCUT2D eigenvalue weighted by atomic mass is 35.5. The van der Waals surface area contributed by atoms with Crippen molar-refractivity contribution in [2.24, 2.45) is 5.92 Å². The molecular weight excluding hydrogens is 244 g/mol. The van der Waals surface area contributed by atoms with E-state index in [1.807, 2.05) is 6.07 Å². The molecule has 0 heterocycles. The zero-order valence-corrected chi connectivity index (χ0v) is 11.3. The summed E-state index contributed by atoms with van der Waals surface area (Å²) in [5.74, 6) is 0.857. The topological polar surface area (TPSA) is 35.8 Å². The summed E-state index contributed by atoms with van der Waals surface area (Å²) in [4.78, 5) is 0. The van der Waals surface area contributed by atoms with Crippen LogP contribution < -0.4 is 5.32 Å². The highest BCUT2D eigenvalue weighted by molar-refractivity contribution is 6.30. The van der Waals surface area contributed by atoms with Gasteiger partial charge in [0.05, 0.1) is 11.3 Å². The van der Waals surface area contributed by atoms with Crippen LogP contribution in [-0.4, -0.2) is 6.54 Å². The molecule has 1 saturated carbocycles. The molecule has 0 unspecified atom stereocenters. The smallest absolute Gasteiger partial charge is 0.101 e. The highest BCUT2D eigenvalue weighted by Crippen LogP contribution is 2.26. The van der Waals surface area contributed by atoms with Gasteiger partial charge >= 0.3 is 0 Å². The fourth-order valence-corrected chi connectivity index (χ4v) is 2.82. The lowest BCUT2D eigenvalue weighted by Crippen LogP contribution is -2.12. The molecule has 1 aliphatic carbocycles. The summed E-state index contributed by atoms with van der Waals surface area (Å²) < 4.78 is 0. The van der Waals surface area contributed by atoms with E-state index in [2.05, 4.69) is 11.4 Å². The van der Waals surface area contributed by atoms with Crippen LogP contribution in [0.25, 0.3) is 0 Å². The van der Waals surface area contributed by atoms with E-state index in [9.17, 15) is 0 Å². The van der Waals surface area contributed by atoms with E-state index in [-0.39, 0.29) is 0 Å². The van der Waals surface area contributed by atoms with Gasteiger partial charge in [-0.2, -0.15) is 5.26 Å². The van der Waals surface area contributed by atoms with Gasteiger partial charge in [-0.3, -0.25) is 0 Å². The number of nitrogens with zero attached hydrogens (tertiary/aromatic N) is 1. The highest BCUT2D eigenvalue weighted by Gasteiger charge is 2.13. The van der Waals surface area contributed by atoms with E-state index in [4.69, 9.17) is 16.9 Å².